The monoisotopic (exact) mass is 292 g/mol. The van der Waals surface area contributed by atoms with Gasteiger partial charge >= 0.3 is 0 Å². The lowest BCUT2D eigenvalue weighted by Crippen LogP contribution is -2.39. The number of allylic oxidation sites excluding steroid dienone is 1. The molecule has 1 N–H and O–H groups in total. The van der Waals surface area contributed by atoms with E-state index in [9.17, 15) is 0 Å². The molecular weight excluding hydrogens is 276 g/mol. The van der Waals surface area contributed by atoms with Crippen molar-refractivity contribution in [2.75, 3.05) is 6.54 Å². The fourth-order valence-corrected chi connectivity index (χ4v) is 3.21. The van der Waals surface area contributed by atoms with Crippen molar-refractivity contribution in [1.29, 1.82) is 0 Å². The van der Waals surface area contributed by atoms with Crippen molar-refractivity contribution in [2.45, 2.75) is 32.2 Å². The number of rotatable bonds is 1. The summed E-state index contributed by atoms with van der Waals surface area (Å²) in [7, 11) is 0. The van der Waals surface area contributed by atoms with Crippen LogP contribution >= 0.6 is 15.9 Å². The minimum Gasteiger partial charge on any atom is -0.310 e. The van der Waals surface area contributed by atoms with E-state index in [1.54, 1.807) is 0 Å². The van der Waals surface area contributed by atoms with Crippen molar-refractivity contribution in [2.24, 2.45) is 5.92 Å². The number of nitrogens with one attached hydrogen (secondary N) is 1. The molecule has 17 heavy (non-hydrogen) atoms. The maximum absolute atomic E-state index is 4.41. The van der Waals surface area contributed by atoms with Crippen LogP contribution < -0.4 is 5.32 Å². The molecule has 1 aliphatic heterocycles. The summed E-state index contributed by atoms with van der Waals surface area (Å²) in [5.41, 5.74) is 3.95. The Balaban J connectivity index is 1.91. The molecule has 1 fully saturated rings. The fourth-order valence-electron chi connectivity index (χ4n) is 2.99. The third-order valence-corrected chi connectivity index (χ3v) is 4.74. The predicted molar refractivity (Wildman–Crippen MR) is 73.8 cm³/mol. The van der Waals surface area contributed by atoms with Crippen molar-refractivity contribution in [3.05, 3.63) is 34.1 Å². The highest BCUT2D eigenvalue weighted by molar-refractivity contribution is 9.10. The van der Waals surface area contributed by atoms with Crippen molar-refractivity contribution in [1.82, 2.24) is 10.3 Å². The van der Waals surface area contributed by atoms with Gasteiger partial charge in [0.1, 0.15) is 4.60 Å². The summed E-state index contributed by atoms with van der Waals surface area (Å²) in [5.74, 6) is 0.808. The Hall–Kier alpha value is -0.670. The van der Waals surface area contributed by atoms with E-state index in [-0.39, 0.29) is 0 Å². The second-order valence-corrected chi connectivity index (χ2v) is 5.81. The Kier molecular flexibility index (Phi) is 3.05. The van der Waals surface area contributed by atoms with E-state index in [0.717, 1.165) is 17.1 Å². The van der Waals surface area contributed by atoms with Crippen LogP contribution in [0, 0.1) is 12.8 Å². The van der Waals surface area contributed by atoms with Crippen molar-refractivity contribution in [3.8, 4) is 0 Å². The van der Waals surface area contributed by atoms with Crippen LogP contribution in [0.3, 0.4) is 0 Å². The molecule has 2 atom stereocenters. The smallest absolute Gasteiger partial charge is 0.109 e. The Morgan fingerprint density at radius 2 is 2.35 bits per heavy atom. The minimum atomic E-state index is 0.561. The highest BCUT2D eigenvalue weighted by atomic mass is 79.9. The van der Waals surface area contributed by atoms with E-state index in [4.69, 9.17) is 0 Å². The first-order valence-corrected chi connectivity index (χ1v) is 7.11. The molecule has 0 spiro atoms. The largest absolute Gasteiger partial charge is 0.310 e. The van der Waals surface area contributed by atoms with Gasteiger partial charge in [0.05, 0.1) is 0 Å². The van der Waals surface area contributed by atoms with Gasteiger partial charge in [0, 0.05) is 12.2 Å². The Morgan fingerprint density at radius 3 is 3.18 bits per heavy atom. The lowest BCUT2D eigenvalue weighted by molar-refractivity contribution is 0.346. The topological polar surface area (TPSA) is 24.9 Å². The number of halogens is 1. The van der Waals surface area contributed by atoms with Crippen LogP contribution in [0.2, 0.25) is 0 Å². The summed E-state index contributed by atoms with van der Waals surface area (Å²) in [6.45, 7) is 3.25. The highest BCUT2D eigenvalue weighted by Gasteiger charge is 2.32. The van der Waals surface area contributed by atoms with Crippen LogP contribution in [0.1, 0.15) is 30.4 Å². The molecule has 0 bridgehead atoms. The van der Waals surface area contributed by atoms with Crippen molar-refractivity contribution < 1.29 is 0 Å². The highest BCUT2D eigenvalue weighted by Crippen LogP contribution is 2.37. The lowest BCUT2D eigenvalue weighted by Gasteiger charge is -2.29. The average Bonchev–Trinajstić information content (AvgIpc) is 2.76. The van der Waals surface area contributed by atoms with Gasteiger partial charge in [-0.2, -0.15) is 0 Å². The first-order valence-electron chi connectivity index (χ1n) is 6.31. The normalized spacial score (nSPS) is 27.8. The summed E-state index contributed by atoms with van der Waals surface area (Å²) in [4.78, 5) is 4.41. The van der Waals surface area contributed by atoms with Crippen LogP contribution in [0.4, 0.5) is 0 Å². The van der Waals surface area contributed by atoms with Gasteiger partial charge in [-0.05, 0) is 77.3 Å². The lowest BCUT2D eigenvalue weighted by atomic mass is 9.88. The van der Waals surface area contributed by atoms with E-state index in [2.05, 4.69) is 45.3 Å². The number of pyridine rings is 1. The molecular formula is C14H17BrN2. The molecule has 2 aliphatic rings. The number of hydrogen-bond acceptors (Lipinski definition) is 2. The summed E-state index contributed by atoms with van der Waals surface area (Å²) in [6.07, 6.45) is 8.29. The summed E-state index contributed by atoms with van der Waals surface area (Å²) >= 11 is 3.46. The number of nitrogens with zero attached hydrogens (tertiary/aromatic N) is 1. The number of fused-ring (bicyclic) bond motifs is 1. The van der Waals surface area contributed by atoms with Gasteiger partial charge in [-0.25, -0.2) is 4.98 Å². The van der Waals surface area contributed by atoms with Crippen LogP contribution in [-0.2, 0) is 0 Å². The van der Waals surface area contributed by atoms with Crippen molar-refractivity contribution >= 4 is 21.5 Å². The summed E-state index contributed by atoms with van der Waals surface area (Å²) in [5, 5.41) is 3.66. The van der Waals surface area contributed by atoms with Gasteiger partial charge in [-0.3, -0.25) is 0 Å². The summed E-state index contributed by atoms with van der Waals surface area (Å²) in [6, 6.07) is 2.80. The second kappa shape index (κ2) is 4.54. The van der Waals surface area contributed by atoms with E-state index in [1.165, 1.54) is 36.0 Å². The van der Waals surface area contributed by atoms with Crippen LogP contribution in [0.5, 0.6) is 0 Å². The van der Waals surface area contributed by atoms with E-state index in [1.807, 2.05) is 6.20 Å². The molecule has 3 rings (SSSR count). The van der Waals surface area contributed by atoms with Gasteiger partial charge in [-0.1, -0.05) is 6.08 Å². The van der Waals surface area contributed by atoms with Gasteiger partial charge < -0.3 is 5.32 Å². The third-order valence-electron chi connectivity index (χ3n) is 3.91. The minimum absolute atomic E-state index is 0.561. The quantitative estimate of drug-likeness (QED) is 0.804. The van der Waals surface area contributed by atoms with Gasteiger partial charge in [0.15, 0.2) is 0 Å². The zero-order valence-corrected chi connectivity index (χ0v) is 11.6. The Morgan fingerprint density at radius 1 is 1.47 bits per heavy atom. The molecule has 1 aromatic heterocycles. The Labute approximate surface area is 111 Å². The number of aryl methyl sites for hydroxylation is 1. The Bertz CT molecular complexity index is 467. The molecule has 3 heteroatoms. The van der Waals surface area contributed by atoms with E-state index in [0.29, 0.717) is 6.04 Å². The third kappa shape index (κ3) is 2.06. The molecule has 90 valence electrons. The first-order chi connectivity index (χ1) is 8.25. The average molecular weight is 293 g/mol. The number of piperidine rings is 1. The first kappa shape index (κ1) is 11.4. The van der Waals surface area contributed by atoms with E-state index < -0.39 is 0 Å². The van der Waals surface area contributed by atoms with Crippen LogP contribution in [0.25, 0.3) is 5.57 Å². The second-order valence-electron chi connectivity index (χ2n) is 5.06. The zero-order chi connectivity index (χ0) is 11.8. The van der Waals surface area contributed by atoms with E-state index >= 15 is 0 Å². The van der Waals surface area contributed by atoms with Crippen LogP contribution in [0.15, 0.2) is 22.9 Å². The number of hydrogen-bond donors (Lipinski definition) is 1. The SMILES string of the molecule is Cc1cc(C2=CC[C@@H]3CCCN[C@H]23)cnc1Br. The molecule has 2 nitrogen and oxygen atoms in total. The number of aromatic nitrogens is 1. The molecule has 1 aromatic rings. The molecule has 0 radical (unpaired) electrons. The van der Waals surface area contributed by atoms with Gasteiger partial charge in [0.25, 0.3) is 0 Å². The molecule has 2 heterocycles. The molecule has 0 aromatic carbocycles. The standard InChI is InChI=1S/C14H17BrN2/c1-9-7-11(8-17-14(9)15)12-5-4-10-3-2-6-16-13(10)12/h5,7-8,10,13,16H,2-4,6H2,1H3/t10-,13-/m0/s1. The van der Waals surface area contributed by atoms with Gasteiger partial charge in [-0.15, -0.1) is 0 Å². The maximum Gasteiger partial charge on any atom is 0.109 e. The summed E-state index contributed by atoms with van der Waals surface area (Å²) < 4.78 is 0.952. The maximum atomic E-state index is 4.41. The zero-order valence-electron chi connectivity index (χ0n) is 10.0. The molecule has 0 amide bonds. The molecule has 0 unspecified atom stereocenters. The predicted octanol–water partition coefficient (Wildman–Crippen LogP) is 3.31. The molecule has 1 saturated heterocycles. The van der Waals surface area contributed by atoms with Gasteiger partial charge in [0.2, 0.25) is 0 Å². The fraction of sp³-hybridized carbons (Fsp3) is 0.500. The van der Waals surface area contributed by atoms with Crippen molar-refractivity contribution in [3.63, 3.8) is 0 Å². The molecule has 1 aliphatic carbocycles. The van der Waals surface area contributed by atoms with Crippen LogP contribution in [-0.4, -0.2) is 17.6 Å². The molecule has 0 saturated carbocycles.